The van der Waals surface area contributed by atoms with Crippen LogP contribution in [0.4, 0.5) is 4.79 Å². The van der Waals surface area contributed by atoms with Gasteiger partial charge in [0.1, 0.15) is 18.1 Å². The molecule has 12 nitrogen and oxygen atoms in total. The molecule has 6 N–H and O–H groups in total. The minimum Gasteiger partial charge on any atom is -0.506 e. The number of phenolic OH excluding ortho intramolecular Hbond substituents is 1. The number of ether oxygens (including phenoxy) is 1. The van der Waals surface area contributed by atoms with Crippen molar-refractivity contribution in [3.8, 4) is 11.5 Å². The molecule has 292 valence electrons. The monoisotopic (exact) mass is 759 g/mol. The van der Waals surface area contributed by atoms with E-state index in [1.807, 2.05) is 78.9 Å². The number of nitrogens with zero attached hydrogens (tertiary/aromatic N) is 2. The highest BCUT2D eigenvalue weighted by Gasteiger charge is 2.43. The quantitative estimate of drug-likeness (QED) is 0.0728. The number of hydrogen-bond donors (Lipinski definition) is 6. The summed E-state index contributed by atoms with van der Waals surface area (Å²) in [4.78, 5) is 43.9. The highest BCUT2D eigenvalue weighted by Crippen LogP contribution is 2.39. The molecule has 3 aliphatic rings. The number of piperidine rings is 3. The molecule has 4 heterocycles. The summed E-state index contributed by atoms with van der Waals surface area (Å²) >= 11 is 0. The minimum atomic E-state index is -0.913. The van der Waals surface area contributed by atoms with E-state index < -0.39 is 18.2 Å². The Hall–Kier alpha value is -5.69. The molecule has 1 unspecified atom stereocenters. The van der Waals surface area contributed by atoms with E-state index in [-0.39, 0.29) is 36.2 Å². The molecule has 0 aliphatic carbocycles. The van der Waals surface area contributed by atoms with Crippen molar-refractivity contribution < 1.29 is 29.6 Å². The van der Waals surface area contributed by atoms with Gasteiger partial charge in [-0.2, -0.15) is 0 Å². The van der Waals surface area contributed by atoms with Crippen molar-refractivity contribution in [2.75, 3.05) is 39.3 Å². The third-order valence-electron chi connectivity index (χ3n) is 11.0. The number of phenols is 1. The van der Waals surface area contributed by atoms with Crippen LogP contribution in [-0.4, -0.2) is 87.4 Å². The maximum atomic E-state index is 13.0. The van der Waals surface area contributed by atoms with Gasteiger partial charge in [0, 0.05) is 31.1 Å². The van der Waals surface area contributed by atoms with Crippen LogP contribution >= 0.6 is 0 Å². The Kier molecular flexibility index (Phi) is 12.3. The second-order valence-electron chi connectivity index (χ2n) is 14.8. The number of aliphatic hydroxyl groups excluding tert-OH is 1. The Labute approximate surface area is 325 Å². The predicted molar refractivity (Wildman–Crippen MR) is 214 cm³/mol. The van der Waals surface area contributed by atoms with Gasteiger partial charge in [0.2, 0.25) is 11.5 Å². The Morgan fingerprint density at radius 2 is 1.64 bits per heavy atom. The molecule has 0 radical (unpaired) electrons. The lowest BCUT2D eigenvalue weighted by atomic mass is 9.81. The molecule has 8 rings (SSSR count). The second kappa shape index (κ2) is 17.8. The van der Waals surface area contributed by atoms with E-state index in [9.17, 15) is 29.7 Å². The molecule has 3 saturated heterocycles. The van der Waals surface area contributed by atoms with E-state index >= 15 is 0 Å². The highest BCUT2D eigenvalue weighted by molar-refractivity contribution is 5.87. The number of carbonyl (C=O) groups is 2. The van der Waals surface area contributed by atoms with Crippen LogP contribution in [0.25, 0.3) is 10.9 Å². The van der Waals surface area contributed by atoms with Crippen LogP contribution in [0.2, 0.25) is 0 Å². The largest absolute Gasteiger partial charge is 0.506 e. The van der Waals surface area contributed by atoms with Crippen LogP contribution in [0, 0.1) is 5.92 Å². The summed E-state index contributed by atoms with van der Waals surface area (Å²) in [6.45, 7) is 4.46. The number of aromatic hydroxyl groups is 1. The number of fused-ring (bicyclic) bond motifs is 4. The summed E-state index contributed by atoms with van der Waals surface area (Å²) in [5, 5.41) is 38.2. The fourth-order valence-electron chi connectivity index (χ4n) is 8.12. The average molecular weight is 760 g/mol. The molecule has 56 heavy (non-hydrogen) atoms. The van der Waals surface area contributed by atoms with Crippen molar-refractivity contribution >= 4 is 22.9 Å². The maximum Gasteiger partial charge on any atom is 0.408 e. The van der Waals surface area contributed by atoms with Crippen molar-refractivity contribution in [1.82, 2.24) is 25.4 Å². The van der Waals surface area contributed by atoms with Gasteiger partial charge >= 0.3 is 6.09 Å². The molecular formula is C44H49N5O7. The van der Waals surface area contributed by atoms with Gasteiger partial charge < -0.3 is 40.6 Å². The number of aromatic nitrogens is 1. The number of benzene rings is 4. The van der Waals surface area contributed by atoms with Crippen LogP contribution in [0.5, 0.6) is 11.5 Å². The summed E-state index contributed by atoms with van der Waals surface area (Å²) in [5.41, 5.74) is 4.17. The van der Waals surface area contributed by atoms with Crippen LogP contribution in [0.1, 0.15) is 59.2 Å². The van der Waals surface area contributed by atoms with E-state index in [1.165, 1.54) is 12.1 Å². The number of aliphatic hydroxyl groups is 1. The summed E-state index contributed by atoms with van der Waals surface area (Å²) in [6.07, 6.45) is 1.18. The maximum absolute atomic E-state index is 13.0. The van der Waals surface area contributed by atoms with Gasteiger partial charge in [0.05, 0.1) is 30.1 Å². The zero-order chi connectivity index (χ0) is 39.0. The van der Waals surface area contributed by atoms with Gasteiger partial charge in [0.15, 0.2) is 0 Å². The number of carboxylic acid groups (broad SMARTS) is 1. The summed E-state index contributed by atoms with van der Waals surface area (Å²) in [7, 11) is 0. The first-order chi connectivity index (χ1) is 27.2. The van der Waals surface area contributed by atoms with Crippen molar-refractivity contribution in [3.05, 3.63) is 141 Å². The van der Waals surface area contributed by atoms with Gasteiger partial charge in [-0.1, -0.05) is 72.8 Å². The third kappa shape index (κ3) is 9.22. The van der Waals surface area contributed by atoms with E-state index in [0.29, 0.717) is 54.3 Å². The molecule has 5 aromatic rings. The summed E-state index contributed by atoms with van der Waals surface area (Å²) < 4.78 is 6.23. The fraction of sp³-hybridized carbons (Fsp3) is 0.341. The number of hydrogen-bond acceptors (Lipinski definition) is 8. The molecule has 0 spiro atoms. The lowest BCUT2D eigenvalue weighted by molar-refractivity contribution is -0.120. The van der Waals surface area contributed by atoms with Crippen LogP contribution in [0.15, 0.2) is 108 Å². The summed E-state index contributed by atoms with van der Waals surface area (Å²) in [6, 6.07) is 30.8. The molecule has 2 amide bonds. The molecule has 3 atom stereocenters. The molecular weight excluding hydrogens is 711 g/mol. The average Bonchev–Trinajstić information content (AvgIpc) is 3.22. The molecule has 4 aromatic carbocycles. The normalized spacial score (nSPS) is 18.6. The molecule has 2 bridgehead atoms. The van der Waals surface area contributed by atoms with Gasteiger partial charge in [-0.25, -0.2) is 4.79 Å². The lowest BCUT2D eigenvalue weighted by Crippen LogP contribution is -2.59. The van der Waals surface area contributed by atoms with Crippen molar-refractivity contribution in [1.29, 1.82) is 0 Å². The van der Waals surface area contributed by atoms with Gasteiger partial charge in [0.25, 0.3) is 0 Å². The SMILES string of the molecule is O=C(Cc1ccc(COc2cccc(C(c3ccccc3)N(C(=O)O)[C@H]3CN4CCC3CC4)c2)cc1)NCCCNC[C@@H](O)c1ccc(O)c2[nH]c(=O)ccc12. The third-order valence-corrected chi connectivity index (χ3v) is 11.0. The van der Waals surface area contributed by atoms with Gasteiger partial charge in [-0.05, 0) is 96.9 Å². The smallest absolute Gasteiger partial charge is 0.408 e. The van der Waals surface area contributed by atoms with Crippen molar-refractivity contribution in [2.24, 2.45) is 5.92 Å². The van der Waals surface area contributed by atoms with Crippen LogP contribution < -0.4 is 20.9 Å². The first-order valence-corrected chi connectivity index (χ1v) is 19.3. The number of nitrogens with one attached hydrogen (secondary N) is 3. The van der Waals surface area contributed by atoms with Crippen molar-refractivity contribution in [3.63, 3.8) is 0 Å². The zero-order valence-electron chi connectivity index (χ0n) is 31.3. The number of pyridine rings is 1. The second-order valence-corrected chi connectivity index (χ2v) is 14.8. The Morgan fingerprint density at radius 3 is 2.38 bits per heavy atom. The first-order valence-electron chi connectivity index (χ1n) is 19.3. The van der Waals surface area contributed by atoms with E-state index in [2.05, 4.69) is 20.5 Å². The number of aromatic amines is 1. The standard InChI is InChI=1S/C44H49N5O7/c50-38-16-14-35(36-15-17-40(52)47-42(36)38)39(51)26-45-20-5-21-46-41(53)24-29-10-12-30(13-11-29)28-56-34-9-4-8-33(25-34)43(32-6-2-1-3-7-32)49(44(54)55)37-27-48-22-18-31(37)19-23-48/h1-4,6-17,25,31,37,39,43,45,50-51H,5,18-24,26-28H2,(H,46,53)(H,47,52)(H,54,55)/t37-,39+,43?/m0/s1. The Bertz CT molecular complexity index is 2170. The predicted octanol–water partition coefficient (Wildman–Crippen LogP) is 5.35. The number of H-pyrrole nitrogens is 1. The van der Waals surface area contributed by atoms with Gasteiger partial charge in [-0.15, -0.1) is 0 Å². The van der Waals surface area contributed by atoms with Crippen LogP contribution in [0.3, 0.4) is 0 Å². The van der Waals surface area contributed by atoms with Crippen LogP contribution in [-0.2, 0) is 17.8 Å². The molecule has 3 fully saturated rings. The van der Waals surface area contributed by atoms with Gasteiger partial charge in [-0.3, -0.25) is 14.5 Å². The number of amides is 2. The Morgan fingerprint density at radius 1 is 0.893 bits per heavy atom. The molecule has 1 aromatic heterocycles. The zero-order valence-corrected chi connectivity index (χ0v) is 31.3. The lowest BCUT2D eigenvalue weighted by Gasteiger charge is -2.50. The number of carbonyl (C=O) groups excluding carboxylic acids is 1. The molecule has 0 saturated carbocycles. The van der Waals surface area contributed by atoms with E-state index in [0.717, 1.165) is 54.7 Å². The molecule has 3 aliphatic heterocycles. The number of rotatable bonds is 16. The first kappa shape index (κ1) is 38.6. The topological polar surface area (TPSA) is 167 Å². The minimum absolute atomic E-state index is 0.0557. The highest BCUT2D eigenvalue weighted by atomic mass is 16.5. The van der Waals surface area contributed by atoms with Crippen molar-refractivity contribution in [2.45, 2.75) is 50.5 Å². The molecule has 12 heteroatoms. The Balaban J connectivity index is 0.880. The van der Waals surface area contributed by atoms with E-state index in [1.54, 1.807) is 17.0 Å². The fourth-order valence-corrected chi connectivity index (χ4v) is 8.12. The summed E-state index contributed by atoms with van der Waals surface area (Å²) in [5.74, 6) is 0.861. The van der Waals surface area contributed by atoms with E-state index in [4.69, 9.17) is 4.74 Å².